The van der Waals surface area contributed by atoms with E-state index in [1.807, 2.05) is 6.92 Å². The van der Waals surface area contributed by atoms with Crippen molar-refractivity contribution < 1.29 is 19.2 Å². The van der Waals surface area contributed by atoms with Gasteiger partial charge in [0.2, 0.25) is 5.91 Å². The first kappa shape index (κ1) is 15.3. The molecule has 0 unspecified atom stereocenters. The Labute approximate surface area is 132 Å². The Morgan fingerprint density at radius 1 is 1.48 bits per heavy atom. The van der Waals surface area contributed by atoms with E-state index >= 15 is 0 Å². The zero-order valence-electron chi connectivity index (χ0n) is 13.0. The molecule has 0 fully saturated rings. The van der Waals surface area contributed by atoms with Gasteiger partial charge in [0, 0.05) is 18.4 Å². The first-order valence-corrected chi connectivity index (χ1v) is 7.42. The topological polar surface area (TPSA) is 112 Å². The number of hydrogen-bond acceptors (Lipinski definition) is 5. The summed E-state index contributed by atoms with van der Waals surface area (Å²) >= 11 is 0. The number of carbonyl (C=O) groups excluding carboxylic acids is 1. The van der Waals surface area contributed by atoms with E-state index < -0.39 is 12.0 Å². The summed E-state index contributed by atoms with van der Waals surface area (Å²) < 4.78 is 5.09. The van der Waals surface area contributed by atoms with Crippen molar-refractivity contribution in [3.63, 3.8) is 0 Å². The normalized spacial score (nSPS) is 17.1. The number of carbonyl (C=O) groups is 2. The molecule has 122 valence electrons. The molecule has 2 aromatic heterocycles. The molecule has 0 radical (unpaired) electrons. The highest BCUT2D eigenvalue weighted by Crippen LogP contribution is 2.23. The second-order valence-corrected chi connectivity index (χ2v) is 5.71. The fourth-order valence-corrected chi connectivity index (χ4v) is 2.95. The highest BCUT2D eigenvalue weighted by atomic mass is 16.5. The minimum atomic E-state index is -1.01. The Balaban J connectivity index is 1.74. The fourth-order valence-electron chi connectivity index (χ4n) is 2.95. The molecule has 2 aromatic rings. The van der Waals surface area contributed by atoms with Gasteiger partial charge in [-0.25, -0.2) is 9.78 Å². The lowest BCUT2D eigenvalue weighted by atomic mass is 10.0. The number of hydrogen-bond donors (Lipinski definition) is 2. The number of amides is 1. The quantitative estimate of drug-likeness (QED) is 0.869. The van der Waals surface area contributed by atoms with Crippen LogP contribution in [0.15, 0.2) is 10.9 Å². The Morgan fingerprint density at radius 2 is 2.26 bits per heavy atom. The third-order valence-electron chi connectivity index (χ3n) is 4.27. The second kappa shape index (κ2) is 5.86. The van der Waals surface area contributed by atoms with Crippen LogP contribution in [0.25, 0.3) is 0 Å². The minimum Gasteiger partial charge on any atom is -0.480 e. The fraction of sp³-hybridized carbons (Fsp3) is 0.467. The number of rotatable bonds is 4. The number of aliphatic carboxylic acids is 1. The van der Waals surface area contributed by atoms with Crippen LogP contribution in [0, 0.1) is 13.8 Å². The largest absolute Gasteiger partial charge is 0.480 e. The van der Waals surface area contributed by atoms with E-state index in [4.69, 9.17) is 4.52 Å². The molecule has 23 heavy (non-hydrogen) atoms. The van der Waals surface area contributed by atoms with Crippen LogP contribution in [-0.2, 0) is 29.0 Å². The number of nitrogens with one attached hydrogen (secondary N) is 1. The van der Waals surface area contributed by atoms with E-state index in [1.54, 1.807) is 6.92 Å². The number of aryl methyl sites for hydroxylation is 2. The molecule has 1 aliphatic heterocycles. The standard InChI is InChI=1S/C15H18N4O4/c1-8-10(9(2)23-18-8)3-4-14(20)19-6-12-11(16-7-17-12)5-13(19)15(21)22/h7,13H,3-6H2,1-2H3,(H,16,17)(H,21,22)/t13-/m0/s1. The first-order chi connectivity index (χ1) is 11.0. The number of H-pyrrole nitrogens is 1. The van der Waals surface area contributed by atoms with E-state index in [2.05, 4.69) is 15.1 Å². The molecular formula is C15H18N4O4. The van der Waals surface area contributed by atoms with Crippen LogP contribution in [0.5, 0.6) is 0 Å². The third-order valence-corrected chi connectivity index (χ3v) is 4.27. The van der Waals surface area contributed by atoms with E-state index in [0.29, 0.717) is 17.9 Å². The number of aromatic nitrogens is 3. The zero-order chi connectivity index (χ0) is 16.6. The summed E-state index contributed by atoms with van der Waals surface area (Å²) in [6.07, 6.45) is 2.46. The van der Waals surface area contributed by atoms with Gasteiger partial charge in [0.1, 0.15) is 11.8 Å². The van der Waals surface area contributed by atoms with Crippen molar-refractivity contribution in [1.29, 1.82) is 0 Å². The van der Waals surface area contributed by atoms with Gasteiger partial charge in [0.15, 0.2) is 0 Å². The van der Waals surface area contributed by atoms with Crippen molar-refractivity contribution in [2.75, 3.05) is 0 Å². The number of aromatic amines is 1. The molecule has 0 aromatic carbocycles. The molecule has 3 heterocycles. The van der Waals surface area contributed by atoms with Crippen molar-refractivity contribution in [2.45, 2.75) is 45.7 Å². The van der Waals surface area contributed by atoms with Crippen molar-refractivity contribution in [2.24, 2.45) is 0 Å². The molecule has 8 heteroatoms. The van der Waals surface area contributed by atoms with Gasteiger partial charge in [-0.15, -0.1) is 0 Å². The lowest BCUT2D eigenvalue weighted by Gasteiger charge is -2.32. The van der Waals surface area contributed by atoms with Gasteiger partial charge < -0.3 is 19.5 Å². The van der Waals surface area contributed by atoms with Crippen LogP contribution in [0.4, 0.5) is 0 Å². The Kier molecular flexibility index (Phi) is 3.89. The second-order valence-electron chi connectivity index (χ2n) is 5.71. The van der Waals surface area contributed by atoms with E-state index in [0.717, 1.165) is 17.0 Å². The molecule has 3 rings (SSSR count). The van der Waals surface area contributed by atoms with Crippen LogP contribution in [0.2, 0.25) is 0 Å². The lowest BCUT2D eigenvalue weighted by molar-refractivity contribution is -0.151. The van der Waals surface area contributed by atoms with Crippen molar-refractivity contribution in [3.8, 4) is 0 Å². The highest BCUT2D eigenvalue weighted by Gasteiger charge is 2.35. The van der Waals surface area contributed by atoms with Crippen LogP contribution in [-0.4, -0.2) is 43.0 Å². The summed E-state index contributed by atoms with van der Waals surface area (Å²) in [4.78, 5) is 32.5. The highest BCUT2D eigenvalue weighted by molar-refractivity contribution is 5.84. The van der Waals surface area contributed by atoms with Crippen LogP contribution < -0.4 is 0 Å². The van der Waals surface area contributed by atoms with Crippen molar-refractivity contribution >= 4 is 11.9 Å². The summed E-state index contributed by atoms with van der Waals surface area (Å²) in [5, 5.41) is 13.3. The molecule has 0 spiro atoms. The van der Waals surface area contributed by atoms with Gasteiger partial charge in [-0.3, -0.25) is 4.79 Å². The SMILES string of the molecule is Cc1noc(C)c1CCC(=O)N1Cc2[nH]cnc2C[C@H]1C(=O)O. The molecule has 2 N–H and O–H groups in total. The summed E-state index contributed by atoms with van der Waals surface area (Å²) in [6, 6.07) is -0.872. The monoisotopic (exact) mass is 318 g/mol. The van der Waals surface area contributed by atoms with Gasteiger partial charge in [-0.05, 0) is 20.3 Å². The number of nitrogens with zero attached hydrogens (tertiary/aromatic N) is 3. The van der Waals surface area contributed by atoms with Crippen LogP contribution in [0.3, 0.4) is 0 Å². The molecule has 8 nitrogen and oxygen atoms in total. The maximum absolute atomic E-state index is 12.5. The maximum atomic E-state index is 12.5. The summed E-state index contributed by atoms with van der Waals surface area (Å²) in [5.74, 6) is -0.512. The lowest BCUT2D eigenvalue weighted by Crippen LogP contribution is -2.48. The van der Waals surface area contributed by atoms with Crippen LogP contribution >= 0.6 is 0 Å². The van der Waals surface area contributed by atoms with Gasteiger partial charge >= 0.3 is 5.97 Å². The third kappa shape index (κ3) is 2.84. The zero-order valence-corrected chi connectivity index (χ0v) is 13.0. The van der Waals surface area contributed by atoms with E-state index in [1.165, 1.54) is 11.2 Å². The van der Waals surface area contributed by atoms with Crippen molar-refractivity contribution in [1.82, 2.24) is 20.0 Å². The maximum Gasteiger partial charge on any atom is 0.326 e. The average Bonchev–Trinajstić information content (AvgIpc) is 3.10. The smallest absolute Gasteiger partial charge is 0.326 e. The molecule has 0 bridgehead atoms. The van der Waals surface area contributed by atoms with Gasteiger partial charge in [-0.1, -0.05) is 5.16 Å². The number of carboxylic acid groups (broad SMARTS) is 1. The predicted molar refractivity (Wildman–Crippen MR) is 78.6 cm³/mol. The Hall–Kier alpha value is -2.64. The minimum absolute atomic E-state index is 0.197. The first-order valence-electron chi connectivity index (χ1n) is 7.42. The molecule has 1 aliphatic rings. The van der Waals surface area contributed by atoms with Gasteiger partial charge in [0.25, 0.3) is 0 Å². The van der Waals surface area contributed by atoms with Crippen molar-refractivity contribution in [3.05, 3.63) is 34.7 Å². The molecule has 1 atom stereocenters. The average molecular weight is 318 g/mol. The summed E-state index contributed by atoms with van der Waals surface area (Å²) in [5.41, 5.74) is 3.18. The van der Waals surface area contributed by atoms with E-state index in [-0.39, 0.29) is 25.3 Å². The number of imidazole rings is 1. The Morgan fingerprint density at radius 3 is 2.91 bits per heavy atom. The van der Waals surface area contributed by atoms with Gasteiger partial charge in [0.05, 0.1) is 30.0 Å². The molecule has 1 amide bonds. The molecule has 0 saturated carbocycles. The number of fused-ring (bicyclic) bond motifs is 1. The summed E-state index contributed by atoms with van der Waals surface area (Å²) in [6.45, 7) is 3.87. The summed E-state index contributed by atoms with van der Waals surface area (Å²) in [7, 11) is 0. The Bertz CT molecular complexity index is 729. The molecule has 0 aliphatic carbocycles. The predicted octanol–water partition coefficient (Wildman–Crippen LogP) is 0.985. The van der Waals surface area contributed by atoms with Crippen LogP contribution in [0.1, 0.15) is 34.8 Å². The van der Waals surface area contributed by atoms with E-state index in [9.17, 15) is 14.7 Å². The molecular weight excluding hydrogens is 300 g/mol. The number of carboxylic acids is 1. The molecule has 0 saturated heterocycles. The van der Waals surface area contributed by atoms with Gasteiger partial charge in [-0.2, -0.15) is 0 Å².